The normalized spacial score (nSPS) is 24.6. The lowest BCUT2D eigenvalue weighted by Gasteiger charge is -2.43. The monoisotopic (exact) mass is 330 g/mol. The number of benzene rings is 1. The van der Waals surface area contributed by atoms with Crippen molar-refractivity contribution in [3.8, 4) is 0 Å². The fraction of sp³-hybridized carbons (Fsp3) is 0.556. The zero-order valence-corrected chi connectivity index (χ0v) is 14.0. The van der Waals surface area contributed by atoms with Gasteiger partial charge in [-0.1, -0.05) is 12.5 Å². The van der Waals surface area contributed by atoms with Crippen LogP contribution in [0.4, 0.5) is 0 Å². The van der Waals surface area contributed by atoms with Gasteiger partial charge < -0.3 is 10.2 Å². The second-order valence-corrected chi connectivity index (χ2v) is 7.86. The van der Waals surface area contributed by atoms with Gasteiger partial charge in [0.05, 0.1) is 0 Å². The third-order valence-electron chi connectivity index (χ3n) is 5.40. The number of nitrogens with zero attached hydrogens (tertiary/aromatic N) is 1. The van der Waals surface area contributed by atoms with Crippen LogP contribution in [-0.2, 0) is 6.42 Å². The van der Waals surface area contributed by atoms with Crippen molar-refractivity contribution in [2.24, 2.45) is 5.92 Å². The highest BCUT2D eigenvalue weighted by Crippen LogP contribution is 2.36. The van der Waals surface area contributed by atoms with Crippen LogP contribution in [0.25, 0.3) is 0 Å². The minimum atomic E-state index is -0.0503. The Morgan fingerprint density at radius 1 is 1.30 bits per heavy atom. The molecule has 1 N–H and O–H groups in total. The molecule has 1 saturated heterocycles. The molecule has 3 aliphatic rings. The van der Waals surface area contributed by atoms with Crippen LogP contribution in [0.5, 0.6) is 0 Å². The smallest absolute Gasteiger partial charge is 0.254 e. The summed E-state index contributed by atoms with van der Waals surface area (Å²) in [4.78, 5) is 27.1. The highest BCUT2D eigenvalue weighted by Gasteiger charge is 2.36. The molecule has 2 aliphatic heterocycles. The molecule has 2 fully saturated rings. The first-order valence-electron chi connectivity index (χ1n) is 8.54. The molecule has 1 saturated carbocycles. The van der Waals surface area contributed by atoms with E-state index in [4.69, 9.17) is 0 Å². The number of amides is 2. The Morgan fingerprint density at radius 3 is 2.96 bits per heavy atom. The van der Waals surface area contributed by atoms with Gasteiger partial charge in [-0.15, -0.1) is 0 Å². The van der Waals surface area contributed by atoms with Gasteiger partial charge in [-0.25, -0.2) is 0 Å². The molecule has 2 amide bonds. The Balaban J connectivity index is 1.60. The predicted molar refractivity (Wildman–Crippen MR) is 92.0 cm³/mol. The fourth-order valence-corrected chi connectivity index (χ4v) is 4.99. The molecule has 0 spiro atoms. The molecule has 122 valence electrons. The number of rotatable bonds is 2. The highest BCUT2D eigenvalue weighted by atomic mass is 32.2. The molecule has 0 bridgehead atoms. The summed E-state index contributed by atoms with van der Waals surface area (Å²) >= 11 is 1.96. The standard InChI is InChI=1S/C18H22N2O2S/c21-17-15-10-14(5-4-12(15)6-7-19-17)18(22)20-8-9-23-11-16(20)13-2-1-3-13/h4-5,10,13,16H,1-3,6-9,11H2,(H,19,21). The van der Waals surface area contributed by atoms with Crippen LogP contribution in [0.3, 0.4) is 0 Å². The lowest BCUT2D eigenvalue weighted by molar-refractivity contribution is 0.0570. The number of carbonyl (C=O) groups is 2. The van der Waals surface area contributed by atoms with E-state index in [0.717, 1.165) is 30.0 Å². The predicted octanol–water partition coefficient (Wildman–Crippen LogP) is 2.33. The molecule has 5 heteroatoms. The van der Waals surface area contributed by atoms with Crippen LogP contribution >= 0.6 is 11.8 Å². The van der Waals surface area contributed by atoms with Crippen molar-refractivity contribution in [1.82, 2.24) is 10.2 Å². The van der Waals surface area contributed by atoms with Crippen LogP contribution in [-0.4, -0.2) is 47.4 Å². The zero-order chi connectivity index (χ0) is 15.8. The molecular weight excluding hydrogens is 308 g/mol. The molecule has 23 heavy (non-hydrogen) atoms. The lowest BCUT2D eigenvalue weighted by atomic mass is 9.79. The Hall–Kier alpha value is -1.49. The Labute approximate surface area is 141 Å². The summed E-state index contributed by atoms with van der Waals surface area (Å²) in [6, 6.07) is 6.03. The van der Waals surface area contributed by atoms with Crippen molar-refractivity contribution < 1.29 is 9.59 Å². The summed E-state index contributed by atoms with van der Waals surface area (Å²) in [5.41, 5.74) is 2.39. The van der Waals surface area contributed by atoms with Crippen molar-refractivity contribution in [3.05, 3.63) is 34.9 Å². The van der Waals surface area contributed by atoms with Gasteiger partial charge in [-0.2, -0.15) is 11.8 Å². The molecule has 0 radical (unpaired) electrons. The molecule has 0 aromatic heterocycles. The maximum Gasteiger partial charge on any atom is 0.254 e. The van der Waals surface area contributed by atoms with Crippen LogP contribution < -0.4 is 5.32 Å². The van der Waals surface area contributed by atoms with E-state index in [1.54, 1.807) is 6.07 Å². The van der Waals surface area contributed by atoms with E-state index in [2.05, 4.69) is 10.2 Å². The summed E-state index contributed by atoms with van der Waals surface area (Å²) in [7, 11) is 0. The summed E-state index contributed by atoms with van der Waals surface area (Å²) < 4.78 is 0. The minimum Gasteiger partial charge on any atom is -0.352 e. The van der Waals surface area contributed by atoms with E-state index in [1.165, 1.54) is 19.3 Å². The first-order chi connectivity index (χ1) is 11.2. The number of thioether (sulfide) groups is 1. The van der Waals surface area contributed by atoms with Gasteiger partial charge in [-0.05, 0) is 42.9 Å². The number of carbonyl (C=O) groups excluding carboxylic acids is 2. The van der Waals surface area contributed by atoms with Crippen LogP contribution in [0.15, 0.2) is 18.2 Å². The Kier molecular flexibility index (Phi) is 4.05. The minimum absolute atomic E-state index is 0.0503. The van der Waals surface area contributed by atoms with Crippen molar-refractivity contribution in [2.75, 3.05) is 24.6 Å². The number of nitrogens with one attached hydrogen (secondary N) is 1. The van der Waals surface area contributed by atoms with Gasteiger partial charge in [0.1, 0.15) is 0 Å². The molecular formula is C18H22N2O2S. The fourth-order valence-electron chi connectivity index (χ4n) is 3.80. The Morgan fingerprint density at radius 2 is 2.17 bits per heavy atom. The first-order valence-corrected chi connectivity index (χ1v) is 9.69. The van der Waals surface area contributed by atoms with E-state index < -0.39 is 0 Å². The lowest BCUT2D eigenvalue weighted by Crippen LogP contribution is -2.51. The van der Waals surface area contributed by atoms with Gasteiger partial charge in [0, 0.05) is 41.8 Å². The third kappa shape index (κ3) is 2.75. The largest absolute Gasteiger partial charge is 0.352 e. The first kappa shape index (κ1) is 15.1. The third-order valence-corrected chi connectivity index (χ3v) is 6.45. The molecule has 4 rings (SSSR count). The van der Waals surface area contributed by atoms with E-state index in [9.17, 15) is 9.59 Å². The maximum absolute atomic E-state index is 13.0. The molecule has 1 aromatic carbocycles. The quantitative estimate of drug-likeness (QED) is 0.905. The average Bonchev–Trinajstić information content (AvgIpc) is 2.53. The second kappa shape index (κ2) is 6.19. The van der Waals surface area contributed by atoms with E-state index in [1.807, 2.05) is 23.9 Å². The van der Waals surface area contributed by atoms with Crippen LogP contribution in [0, 0.1) is 5.92 Å². The topological polar surface area (TPSA) is 49.4 Å². The van der Waals surface area contributed by atoms with Gasteiger partial charge in [0.15, 0.2) is 0 Å². The zero-order valence-electron chi connectivity index (χ0n) is 13.2. The maximum atomic E-state index is 13.0. The summed E-state index contributed by atoms with van der Waals surface area (Å²) in [6.45, 7) is 1.51. The number of fused-ring (bicyclic) bond motifs is 1. The van der Waals surface area contributed by atoms with E-state index in [0.29, 0.717) is 29.6 Å². The van der Waals surface area contributed by atoms with E-state index >= 15 is 0 Å². The summed E-state index contributed by atoms with van der Waals surface area (Å²) in [5.74, 6) is 2.80. The molecule has 1 unspecified atom stereocenters. The van der Waals surface area contributed by atoms with Gasteiger partial charge in [0.2, 0.25) is 0 Å². The average molecular weight is 330 g/mol. The number of hydrogen-bond acceptors (Lipinski definition) is 3. The van der Waals surface area contributed by atoms with Gasteiger partial charge in [0.25, 0.3) is 11.8 Å². The van der Waals surface area contributed by atoms with Crippen molar-refractivity contribution in [1.29, 1.82) is 0 Å². The second-order valence-electron chi connectivity index (χ2n) is 6.71. The van der Waals surface area contributed by atoms with Crippen LogP contribution in [0.2, 0.25) is 0 Å². The van der Waals surface area contributed by atoms with E-state index in [-0.39, 0.29) is 11.8 Å². The molecule has 4 nitrogen and oxygen atoms in total. The molecule has 1 aromatic rings. The molecule has 1 atom stereocenters. The van der Waals surface area contributed by atoms with Crippen molar-refractivity contribution in [2.45, 2.75) is 31.7 Å². The van der Waals surface area contributed by atoms with Gasteiger partial charge >= 0.3 is 0 Å². The van der Waals surface area contributed by atoms with Crippen molar-refractivity contribution in [3.63, 3.8) is 0 Å². The number of hydrogen-bond donors (Lipinski definition) is 1. The summed E-state index contributed by atoms with van der Waals surface area (Å²) in [6.07, 6.45) is 4.65. The SMILES string of the molecule is O=C1NCCc2ccc(C(=O)N3CCSCC3C3CCC3)cc21. The molecule has 1 aliphatic carbocycles. The van der Waals surface area contributed by atoms with Crippen molar-refractivity contribution >= 4 is 23.6 Å². The molecule has 2 heterocycles. The Bertz CT molecular complexity index is 642. The van der Waals surface area contributed by atoms with Crippen LogP contribution in [0.1, 0.15) is 45.5 Å². The highest BCUT2D eigenvalue weighted by molar-refractivity contribution is 7.99. The summed E-state index contributed by atoms with van der Waals surface area (Å²) in [5, 5.41) is 2.86. The van der Waals surface area contributed by atoms with Gasteiger partial charge in [-0.3, -0.25) is 9.59 Å².